The lowest BCUT2D eigenvalue weighted by Crippen LogP contribution is -2.34. The van der Waals surface area contributed by atoms with Crippen molar-refractivity contribution < 1.29 is 17.9 Å². The molecule has 0 unspecified atom stereocenters. The molecule has 2 aromatic rings. The van der Waals surface area contributed by atoms with Crippen molar-refractivity contribution in [1.29, 1.82) is 0 Å². The summed E-state index contributed by atoms with van der Waals surface area (Å²) in [4.78, 5) is 12.2. The second-order valence-electron chi connectivity index (χ2n) is 6.15. The van der Waals surface area contributed by atoms with Crippen LogP contribution < -0.4 is 26.8 Å². The summed E-state index contributed by atoms with van der Waals surface area (Å²) in [5.41, 5.74) is 11.1. The van der Waals surface area contributed by atoms with Gasteiger partial charge in [0.2, 0.25) is 5.96 Å². The lowest BCUT2D eigenvalue weighted by atomic mass is 10.2. The zero-order chi connectivity index (χ0) is 22.1. The number of anilines is 1. The highest BCUT2D eigenvalue weighted by atomic mass is 32.2. The van der Waals surface area contributed by atoms with Gasteiger partial charge in [-0.2, -0.15) is 8.42 Å². The van der Waals surface area contributed by atoms with Gasteiger partial charge in [0, 0.05) is 11.3 Å². The van der Waals surface area contributed by atoms with E-state index in [0.717, 1.165) is 12.8 Å². The van der Waals surface area contributed by atoms with E-state index < -0.39 is 16.0 Å². The minimum atomic E-state index is -3.97. The number of unbranched alkanes of at least 4 members (excludes halogenated alkanes) is 1. The van der Waals surface area contributed by atoms with Crippen LogP contribution in [0.25, 0.3) is 0 Å². The Kier molecular flexibility index (Phi) is 8.13. The van der Waals surface area contributed by atoms with Gasteiger partial charge in [0.1, 0.15) is 5.75 Å². The first kappa shape index (κ1) is 23.1. The number of benzene rings is 2. The minimum absolute atomic E-state index is 0.0584. The zero-order valence-electron chi connectivity index (χ0n) is 16.3. The lowest BCUT2D eigenvalue weighted by Gasteiger charge is -2.10. The Hall–Kier alpha value is -3.18. The molecule has 30 heavy (non-hydrogen) atoms. The molecule has 2 aromatic carbocycles. The largest absolute Gasteiger partial charge is 0.494 e. The number of thiocarbonyl (C=S) groups is 1. The van der Waals surface area contributed by atoms with Crippen molar-refractivity contribution >= 4 is 44.9 Å². The van der Waals surface area contributed by atoms with Crippen LogP contribution in [0.15, 0.2) is 57.8 Å². The van der Waals surface area contributed by atoms with E-state index in [0.29, 0.717) is 23.6 Å². The molecule has 0 fully saturated rings. The second kappa shape index (κ2) is 10.6. The molecule has 0 heterocycles. The van der Waals surface area contributed by atoms with Crippen LogP contribution in [-0.2, 0) is 10.0 Å². The van der Waals surface area contributed by atoms with E-state index in [-0.39, 0.29) is 15.9 Å². The van der Waals surface area contributed by atoms with Crippen molar-refractivity contribution in [3.05, 3.63) is 54.1 Å². The number of hydrogen-bond acceptors (Lipinski definition) is 5. The van der Waals surface area contributed by atoms with Crippen LogP contribution in [0.4, 0.5) is 5.69 Å². The standard InChI is InChI=1S/C19H23N5O4S2/c1-2-3-12-28-15-8-4-13(5-9-15)17(25)23-19(29)22-14-6-10-16(11-7-14)30(26,27)24-18(20)21/h4-11H,2-3,12H2,1H3,(H4,20,21,24)(H2,22,23,25,29). The van der Waals surface area contributed by atoms with E-state index >= 15 is 0 Å². The third kappa shape index (κ3) is 7.01. The molecule has 0 atom stereocenters. The molecule has 0 aliphatic rings. The number of amides is 1. The molecular weight excluding hydrogens is 426 g/mol. The van der Waals surface area contributed by atoms with Gasteiger partial charge in [-0.05, 0) is 67.2 Å². The Morgan fingerprint density at radius 3 is 2.30 bits per heavy atom. The van der Waals surface area contributed by atoms with Crippen molar-refractivity contribution in [3.8, 4) is 5.75 Å². The Morgan fingerprint density at radius 1 is 1.10 bits per heavy atom. The van der Waals surface area contributed by atoms with Crippen LogP contribution in [0.3, 0.4) is 0 Å². The summed E-state index contributed by atoms with van der Waals surface area (Å²) < 4.78 is 32.6. The molecule has 0 aliphatic heterocycles. The van der Waals surface area contributed by atoms with Crippen LogP contribution >= 0.6 is 12.2 Å². The maximum absolute atomic E-state index is 12.3. The normalized spacial score (nSPS) is 10.7. The van der Waals surface area contributed by atoms with E-state index in [4.69, 9.17) is 28.4 Å². The zero-order valence-corrected chi connectivity index (χ0v) is 17.9. The Morgan fingerprint density at radius 2 is 1.73 bits per heavy atom. The highest BCUT2D eigenvalue weighted by Gasteiger charge is 2.13. The number of nitrogens with zero attached hydrogens (tertiary/aromatic N) is 1. The third-order valence-electron chi connectivity index (χ3n) is 3.75. The first-order valence-electron chi connectivity index (χ1n) is 9.02. The topological polar surface area (TPSA) is 149 Å². The SMILES string of the molecule is CCCCOc1ccc(C(=O)NC(=S)Nc2ccc(S(=O)(=O)N=C(N)N)cc2)cc1. The molecule has 6 N–H and O–H groups in total. The summed E-state index contributed by atoms with van der Waals surface area (Å²) in [5, 5.41) is 5.42. The van der Waals surface area contributed by atoms with Crippen molar-refractivity contribution in [1.82, 2.24) is 5.32 Å². The average molecular weight is 450 g/mol. The van der Waals surface area contributed by atoms with Crippen LogP contribution in [0.1, 0.15) is 30.1 Å². The number of sulfonamides is 1. The summed E-state index contributed by atoms with van der Waals surface area (Å²) >= 11 is 5.13. The summed E-state index contributed by atoms with van der Waals surface area (Å²) in [5.74, 6) is -0.252. The van der Waals surface area contributed by atoms with Gasteiger partial charge in [-0.1, -0.05) is 13.3 Å². The molecule has 11 heteroatoms. The van der Waals surface area contributed by atoms with Crippen molar-refractivity contribution in [2.24, 2.45) is 15.9 Å². The first-order chi connectivity index (χ1) is 14.2. The van der Waals surface area contributed by atoms with Gasteiger partial charge < -0.3 is 21.5 Å². The number of carbonyl (C=O) groups is 1. The first-order valence-corrected chi connectivity index (χ1v) is 10.9. The smallest absolute Gasteiger partial charge is 0.285 e. The summed E-state index contributed by atoms with van der Waals surface area (Å²) in [6.07, 6.45) is 2.00. The van der Waals surface area contributed by atoms with Gasteiger partial charge in [-0.25, -0.2) is 0 Å². The maximum Gasteiger partial charge on any atom is 0.285 e. The van der Waals surface area contributed by atoms with Gasteiger partial charge in [0.05, 0.1) is 11.5 Å². The van der Waals surface area contributed by atoms with E-state index in [1.165, 1.54) is 24.3 Å². The molecule has 2 rings (SSSR count). The van der Waals surface area contributed by atoms with Gasteiger partial charge in [-0.3, -0.25) is 10.1 Å². The Labute approximate surface area is 180 Å². The van der Waals surface area contributed by atoms with Gasteiger partial charge in [0.15, 0.2) is 5.11 Å². The van der Waals surface area contributed by atoms with Gasteiger partial charge in [0.25, 0.3) is 15.9 Å². The second-order valence-corrected chi connectivity index (χ2v) is 8.16. The molecule has 0 saturated heterocycles. The predicted molar refractivity (Wildman–Crippen MR) is 120 cm³/mol. The Balaban J connectivity index is 1.93. The molecular formula is C19H23N5O4S2. The number of guanidine groups is 1. The highest BCUT2D eigenvalue weighted by molar-refractivity contribution is 7.90. The maximum atomic E-state index is 12.3. The number of ether oxygens (including phenoxy) is 1. The quantitative estimate of drug-likeness (QED) is 0.207. The van der Waals surface area contributed by atoms with Crippen molar-refractivity contribution in [3.63, 3.8) is 0 Å². The lowest BCUT2D eigenvalue weighted by molar-refractivity contribution is 0.0977. The molecule has 1 amide bonds. The summed E-state index contributed by atoms with van der Waals surface area (Å²) in [6, 6.07) is 12.3. The van der Waals surface area contributed by atoms with Crippen LogP contribution in [-0.4, -0.2) is 32.0 Å². The molecule has 9 nitrogen and oxygen atoms in total. The number of nitrogens with two attached hydrogens (primary N) is 2. The fourth-order valence-corrected chi connectivity index (χ4v) is 3.35. The molecule has 0 radical (unpaired) electrons. The van der Waals surface area contributed by atoms with Crippen LogP contribution in [0, 0.1) is 0 Å². The molecule has 0 bridgehead atoms. The third-order valence-corrected chi connectivity index (χ3v) is 5.27. The number of hydrogen-bond donors (Lipinski definition) is 4. The summed E-state index contributed by atoms with van der Waals surface area (Å²) in [6.45, 7) is 2.71. The van der Waals surface area contributed by atoms with E-state index in [9.17, 15) is 13.2 Å². The Bertz CT molecular complexity index is 1020. The molecule has 0 aromatic heterocycles. The molecule has 0 saturated carbocycles. The molecule has 0 spiro atoms. The number of nitrogens with one attached hydrogen (secondary N) is 2. The van der Waals surface area contributed by atoms with Gasteiger partial charge in [-0.15, -0.1) is 4.40 Å². The van der Waals surface area contributed by atoms with E-state index in [1.807, 2.05) is 0 Å². The van der Waals surface area contributed by atoms with Gasteiger partial charge >= 0.3 is 0 Å². The van der Waals surface area contributed by atoms with Crippen molar-refractivity contribution in [2.75, 3.05) is 11.9 Å². The molecule has 0 aliphatic carbocycles. The monoisotopic (exact) mass is 449 g/mol. The highest BCUT2D eigenvalue weighted by Crippen LogP contribution is 2.16. The number of rotatable bonds is 8. The van der Waals surface area contributed by atoms with E-state index in [1.54, 1.807) is 24.3 Å². The predicted octanol–water partition coefficient (Wildman–Crippen LogP) is 1.95. The fourth-order valence-electron chi connectivity index (χ4n) is 2.28. The molecule has 160 valence electrons. The van der Waals surface area contributed by atoms with Crippen LogP contribution in [0.2, 0.25) is 0 Å². The van der Waals surface area contributed by atoms with Crippen molar-refractivity contribution in [2.45, 2.75) is 24.7 Å². The fraction of sp³-hybridized carbons (Fsp3) is 0.211. The minimum Gasteiger partial charge on any atom is -0.494 e. The van der Waals surface area contributed by atoms with E-state index in [2.05, 4.69) is 22.0 Å². The summed E-state index contributed by atoms with van der Waals surface area (Å²) in [7, 11) is -3.97. The average Bonchev–Trinajstić information content (AvgIpc) is 2.68. The van der Waals surface area contributed by atoms with Crippen LogP contribution in [0.5, 0.6) is 5.75 Å². The number of carbonyl (C=O) groups excluding carboxylic acids is 1.